The molecule has 0 aliphatic rings. The van der Waals surface area contributed by atoms with Crippen LogP contribution in [0.3, 0.4) is 0 Å². The number of hydrogen-bond acceptors (Lipinski definition) is 4. The molecular weight excluding hydrogens is 433 g/mol. The second-order valence-electron chi connectivity index (χ2n) is 5.11. The summed E-state index contributed by atoms with van der Waals surface area (Å²) in [7, 11) is 1.60. The lowest BCUT2D eigenvalue weighted by atomic mass is 10.3. The summed E-state index contributed by atoms with van der Waals surface area (Å²) in [5, 5.41) is 6.37. The van der Waals surface area contributed by atoms with Crippen molar-refractivity contribution in [2.45, 2.75) is 33.7 Å². The van der Waals surface area contributed by atoms with E-state index in [2.05, 4.69) is 20.6 Å². The van der Waals surface area contributed by atoms with E-state index in [9.17, 15) is 4.79 Å². The number of aliphatic imine (C=N–C) groups is 1. The van der Waals surface area contributed by atoms with Gasteiger partial charge in [0, 0.05) is 44.4 Å². The van der Waals surface area contributed by atoms with E-state index in [1.165, 1.54) is 0 Å². The van der Waals surface area contributed by atoms with Gasteiger partial charge in [0.2, 0.25) is 11.8 Å². The number of guanidine groups is 1. The molecule has 0 unspecified atom stereocenters. The van der Waals surface area contributed by atoms with Gasteiger partial charge in [0.05, 0.1) is 13.7 Å². The first kappa shape index (κ1) is 23.4. The number of ether oxygens (including phenoxy) is 1. The first-order valence-electron chi connectivity index (χ1n) is 8.44. The number of carbonyl (C=O) groups is 1. The summed E-state index contributed by atoms with van der Waals surface area (Å²) in [5.41, 5.74) is 0.913. The summed E-state index contributed by atoms with van der Waals surface area (Å²) in [4.78, 5) is 22.5. The van der Waals surface area contributed by atoms with E-state index >= 15 is 0 Å². The van der Waals surface area contributed by atoms with Gasteiger partial charge in [-0.05, 0) is 26.8 Å². The molecular formula is C17H30IN5O2. The highest BCUT2D eigenvalue weighted by molar-refractivity contribution is 14.0. The first-order valence-corrected chi connectivity index (χ1v) is 8.44. The van der Waals surface area contributed by atoms with E-state index in [0.29, 0.717) is 31.3 Å². The molecule has 1 heterocycles. The SMILES string of the molecule is CCNC(=NCc1cccnc1OC)NCCC(=O)N(CC)CC.I. The van der Waals surface area contributed by atoms with Crippen LogP contribution in [0.5, 0.6) is 5.88 Å². The van der Waals surface area contributed by atoms with Gasteiger partial charge in [-0.1, -0.05) is 6.07 Å². The molecule has 0 fully saturated rings. The van der Waals surface area contributed by atoms with Crippen molar-refractivity contribution in [3.05, 3.63) is 23.9 Å². The van der Waals surface area contributed by atoms with Gasteiger partial charge in [-0.15, -0.1) is 24.0 Å². The molecule has 1 aromatic rings. The van der Waals surface area contributed by atoms with Gasteiger partial charge in [0.25, 0.3) is 0 Å². The number of carbonyl (C=O) groups excluding carboxylic acids is 1. The lowest BCUT2D eigenvalue weighted by Crippen LogP contribution is -2.40. The monoisotopic (exact) mass is 463 g/mol. The topological polar surface area (TPSA) is 78.9 Å². The molecule has 25 heavy (non-hydrogen) atoms. The van der Waals surface area contributed by atoms with Crippen LogP contribution < -0.4 is 15.4 Å². The van der Waals surface area contributed by atoms with Gasteiger partial charge in [-0.25, -0.2) is 9.98 Å². The van der Waals surface area contributed by atoms with Crippen molar-refractivity contribution in [2.75, 3.05) is 33.3 Å². The number of pyridine rings is 1. The smallest absolute Gasteiger partial charge is 0.224 e. The third-order valence-corrected chi connectivity index (χ3v) is 3.54. The Balaban J connectivity index is 0.00000576. The summed E-state index contributed by atoms with van der Waals surface area (Å²) in [6.07, 6.45) is 2.14. The summed E-state index contributed by atoms with van der Waals surface area (Å²) in [6, 6.07) is 3.79. The van der Waals surface area contributed by atoms with Gasteiger partial charge in [0.1, 0.15) is 0 Å². The fraction of sp³-hybridized carbons (Fsp3) is 0.588. The highest BCUT2D eigenvalue weighted by atomic mass is 127. The molecule has 8 heteroatoms. The summed E-state index contributed by atoms with van der Waals surface area (Å²) in [5.74, 6) is 1.40. The molecule has 1 rings (SSSR count). The Labute approximate surface area is 167 Å². The van der Waals surface area contributed by atoms with E-state index in [4.69, 9.17) is 4.74 Å². The van der Waals surface area contributed by atoms with Gasteiger partial charge in [0.15, 0.2) is 5.96 Å². The average molecular weight is 463 g/mol. The molecule has 0 bridgehead atoms. The quantitative estimate of drug-likeness (QED) is 0.333. The van der Waals surface area contributed by atoms with Crippen LogP contribution in [0, 0.1) is 0 Å². The number of amides is 1. The molecule has 0 spiro atoms. The fourth-order valence-corrected chi connectivity index (χ4v) is 2.26. The van der Waals surface area contributed by atoms with Crippen LogP contribution in [0.4, 0.5) is 0 Å². The van der Waals surface area contributed by atoms with Gasteiger partial charge in [-0.2, -0.15) is 0 Å². The van der Waals surface area contributed by atoms with Crippen molar-refractivity contribution >= 4 is 35.8 Å². The molecule has 0 aromatic carbocycles. The third-order valence-electron chi connectivity index (χ3n) is 3.54. The van der Waals surface area contributed by atoms with Crippen LogP contribution in [0.15, 0.2) is 23.3 Å². The normalized spacial score (nSPS) is 10.6. The molecule has 7 nitrogen and oxygen atoms in total. The standard InChI is InChI=1S/C17H29N5O2.HI/c1-5-18-17(20-12-10-15(23)22(6-2)7-3)21-13-14-9-8-11-19-16(14)24-4;/h8-9,11H,5-7,10,12-13H2,1-4H3,(H2,18,20,21);1H. The molecule has 0 atom stereocenters. The van der Waals surface area contributed by atoms with Gasteiger partial charge in [-0.3, -0.25) is 4.79 Å². The second-order valence-corrected chi connectivity index (χ2v) is 5.11. The number of rotatable bonds is 9. The van der Waals surface area contributed by atoms with Crippen LogP contribution in [-0.4, -0.2) is 55.0 Å². The Morgan fingerprint density at radius 2 is 2.00 bits per heavy atom. The van der Waals surface area contributed by atoms with Crippen molar-refractivity contribution in [1.82, 2.24) is 20.5 Å². The van der Waals surface area contributed by atoms with Crippen molar-refractivity contribution in [2.24, 2.45) is 4.99 Å². The van der Waals surface area contributed by atoms with Crippen LogP contribution >= 0.6 is 24.0 Å². The lowest BCUT2D eigenvalue weighted by molar-refractivity contribution is -0.130. The Morgan fingerprint density at radius 3 is 2.60 bits per heavy atom. The van der Waals surface area contributed by atoms with E-state index < -0.39 is 0 Å². The van der Waals surface area contributed by atoms with Gasteiger partial charge < -0.3 is 20.3 Å². The van der Waals surface area contributed by atoms with Gasteiger partial charge >= 0.3 is 0 Å². The predicted molar refractivity (Wildman–Crippen MR) is 112 cm³/mol. The molecule has 0 radical (unpaired) electrons. The van der Waals surface area contributed by atoms with Crippen molar-refractivity contribution in [3.8, 4) is 5.88 Å². The molecule has 0 aliphatic heterocycles. The highest BCUT2D eigenvalue weighted by Gasteiger charge is 2.09. The molecule has 2 N–H and O–H groups in total. The third kappa shape index (κ3) is 8.37. The number of hydrogen-bond donors (Lipinski definition) is 2. The summed E-state index contributed by atoms with van der Waals surface area (Å²) >= 11 is 0. The zero-order chi connectivity index (χ0) is 17.8. The summed E-state index contributed by atoms with van der Waals surface area (Å²) in [6.45, 7) is 9.21. The van der Waals surface area contributed by atoms with Crippen LogP contribution in [-0.2, 0) is 11.3 Å². The number of halogens is 1. The molecule has 1 aromatic heterocycles. The van der Waals surface area contributed by atoms with E-state index in [1.54, 1.807) is 13.3 Å². The maximum absolute atomic E-state index is 12.0. The Bertz CT molecular complexity index is 536. The summed E-state index contributed by atoms with van der Waals surface area (Å²) < 4.78 is 5.23. The lowest BCUT2D eigenvalue weighted by Gasteiger charge is -2.19. The van der Waals surface area contributed by atoms with E-state index in [-0.39, 0.29) is 29.9 Å². The van der Waals surface area contributed by atoms with E-state index in [0.717, 1.165) is 25.2 Å². The zero-order valence-corrected chi connectivity index (χ0v) is 17.9. The minimum Gasteiger partial charge on any atom is -0.481 e. The molecule has 0 aliphatic carbocycles. The predicted octanol–water partition coefficient (Wildman–Crippen LogP) is 2.02. The minimum atomic E-state index is 0. The van der Waals surface area contributed by atoms with E-state index in [1.807, 2.05) is 37.8 Å². The van der Waals surface area contributed by atoms with Crippen molar-refractivity contribution in [3.63, 3.8) is 0 Å². The second kappa shape index (κ2) is 13.7. The molecule has 0 saturated heterocycles. The molecule has 0 saturated carbocycles. The number of methoxy groups -OCH3 is 1. The maximum atomic E-state index is 12.0. The maximum Gasteiger partial charge on any atom is 0.224 e. The van der Waals surface area contributed by atoms with Crippen molar-refractivity contribution in [1.29, 1.82) is 0 Å². The minimum absolute atomic E-state index is 0. The first-order chi connectivity index (χ1) is 11.7. The average Bonchev–Trinajstić information content (AvgIpc) is 2.61. The number of nitrogens with zero attached hydrogens (tertiary/aromatic N) is 3. The number of nitrogens with one attached hydrogen (secondary N) is 2. The fourth-order valence-electron chi connectivity index (χ4n) is 2.26. The number of aromatic nitrogens is 1. The van der Waals surface area contributed by atoms with Crippen LogP contribution in [0.25, 0.3) is 0 Å². The van der Waals surface area contributed by atoms with Crippen LogP contribution in [0.1, 0.15) is 32.8 Å². The Morgan fingerprint density at radius 1 is 1.28 bits per heavy atom. The Hall–Kier alpha value is -1.58. The Kier molecular flexibility index (Phi) is 12.8. The van der Waals surface area contributed by atoms with Crippen molar-refractivity contribution < 1.29 is 9.53 Å². The highest BCUT2D eigenvalue weighted by Crippen LogP contribution is 2.14. The largest absolute Gasteiger partial charge is 0.481 e. The van der Waals surface area contributed by atoms with Crippen LogP contribution in [0.2, 0.25) is 0 Å². The molecule has 1 amide bonds. The molecule has 142 valence electrons. The zero-order valence-electron chi connectivity index (χ0n) is 15.5.